The minimum atomic E-state index is 0.801. The first kappa shape index (κ1) is 18.6. The molecule has 0 aromatic carbocycles. The van der Waals surface area contributed by atoms with Crippen LogP contribution in [0.2, 0.25) is 0 Å². The largest absolute Gasteiger partial charge is 0.301 e. The van der Waals surface area contributed by atoms with Gasteiger partial charge in [-0.25, -0.2) is 0 Å². The van der Waals surface area contributed by atoms with Crippen molar-refractivity contribution in [1.29, 1.82) is 0 Å². The molecule has 0 aromatic heterocycles. The number of piperidine rings is 1. The molecule has 3 saturated heterocycles. The first-order chi connectivity index (χ1) is 11.7. The van der Waals surface area contributed by atoms with E-state index in [1.807, 2.05) is 0 Å². The van der Waals surface area contributed by atoms with Gasteiger partial charge in [0, 0.05) is 38.3 Å². The molecule has 3 aliphatic heterocycles. The van der Waals surface area contributed by atoms with Gasteiger partial charge in [0.25, 0.3) is 0 Å². The van der Waals surface area contributed by atoms with Crippen molar-refractivity contribution in [2.75, 3.05) is 52.4 Å². The lowest BCUT2D eigenvalue weighted by Gasteiger charge is -2.33. The summed E-state index contributed by atoms with van der Waals surface area (Å²) in [4.78, 5) is 10.2. The van der Waals surface area contributed by atoms with Crippen LogP contribution in [0.15, 0.2) is 0 Å². The first-order valence-corrected chi connectivity index (χ1v) is 10.5. The van der Waals surface area contributed by atoms with Gasteiger partial charge in [-0.2, -0.15) is 0 Å². The first-order valence-electron chi connectivity index (χ1n) is 10.5. The average Bonchev–Trinajstić information content (AvgIpc) is 3.19. The van der Waals surface area contributed by atoms with Gasteiger partial charge in [0.2, 0.25) is 0 Å². The summed E-state index contributed by atoms with van der Waals surface area (Å²) < 4.78 is 0. The second-order valence-corrected chi connectivity index (χ2v) is 8.19. The predicted molar refractivity (Wildman–Crippen MR) is 101 cm³/mol. The van der Waals surface area contributed by atoms with Crippen LogP contribution in [0.5, 0.6) is 0 Å². The van der Waals surface area contributed by atoms with Gasteiger partial charge in [-0.3, -0.25) is 9.80 Å². The molecule has 3 heterocycles. The van der Waals surface area contributed by atoms with E-state index in [0.29, 0.717) is 0 Å². The van der Waals surface area contributed by atoms with E-state index in [0.717, 1.165) is 12.1 Å². The molecular formula is C20H38N4. The van der Waals surface area contributed by atoms with Crippen LogP contribution in [0.4, 0.5) is 0 Å². The smallest absolute Gasteiger partial charge is 0.146 e. The summed E-state index contributed by atoms with van der Waals surface area (Å²) >= 11 is 0. The van der Waals surface area contributed by atoms with Gasteiger partial charge in [-0.15, -0.1) is 0 Å². The van der Waals surface area contributed by atoms with Crippen molar-refractivity contribution >= 4 is 0 Å². The van der Waals surface area contributed by atoms with E-state index in [4.69, 9.17) is 0 Å². The maximum Gasteiger partial charge on any atom is 0.146 e. The van der Waals surface area contributed by atoms with Gasteiger partial charge in [-0.1, -0.05) is 6.42 Å². The molecule has 138 valence electrons. The quantitative estimate of drug-likeness (QED) is 0.676. The van der Waals surface area contributed by atoms with E-state index >= 15 is 0 Å². The molecule has 2 radical (unpaired) electrons. The van der Waals surface area contributed by atoms with Crippen LogP contribution in [0.3, 0.4) is 0 Å². The fourth-order valence-electron chi connectivity index (χ4n) is 4.61. The maximum absolute atomic E-state index is 3.61. The normalized spacial score (nSPS) is 31.2. The molecule has 0 amide bonds. The molecule has 2 atom stereocenters. The van der Waals surface area contributed by atoms with Gasteiger partial charge < -0.3 is 9.80 Å². The zero-order chi connectivity index (χ0) is 16.8. The van der Waals surface area contributed by atoms with Crippen LogP contribution >= 0.6 is 0 Å². The Morgan fingerprint density at radius 3 is 1.75 bits per heavy atom. The Kier molecular flexibility index (Phi) is 7.38. The molecule has 4 nitrogen and oxygen atoms in total. The summed E-state index contributed by atoms with van der Waals surface area (Å²) in [5, 5.41) is 0. The van der Waals surface area contributed by atoms with Crippen LogP contribution in [0.1, 0.15) is 58.8 Å². The zero-order valence-electron chi connectivity index (χ0n) is 16.1. The molecule has 0 unspecified atom stereocenters. The highest BCUT2D eigenvalue weighted by atomic mass is 15.4. The molecule has 0 saturated carbocycles. The van der Waals surface area contributed by atoms with E-state index < -0.39 is 0 Å². The Hall–Kier alpha value is -0.160. The minimum Gasteiger partial charge on any atom is -0.301 e. The summed E-state index contributed by atoms with van der Waals surface area (Å²) in [6.45, 7) is 18.3. The van der Waals surface area contributed by atoms with E-state index in [9.17, 15) is 0 Å². The van der Waals surface area contributed by atoms with Crippen LogP contribution in [-0.2, 0) is 0 Å². The summed E-state index contributed by atoms with van der Waals surface area (Å²) in [5.74, 6) is 0. The maximum atomic E-state index is 3.61. The molecule has 4 heteroatoms. The number of likely N-dealkylation sites (tertiary alicyclic amines) is 2. The summed E-state index contributed by atoms with van der Waals surface area (Å²) in [6.07, 6.45) is 9.59. The van der Waals surface area contributed by atoms with E-state index in [1.165, 1.54) is 97.3 Å². The number of hydrogen-bond donors (Lipinski definition) is 0. The standard InChI is InChI=1S/C20H38N4/c1-19-8-3-4-12-23(19)14-6-10-21-16-17-22(18-21)11-7-15-24-13-5-9-20(24)2/h19-20H,3-17H2,1-2H3/t19-,20+/m1/s1. The van der Waals surface area contributed by atoms with Gasteiger partial charge in [0.05, 0.1) is 0 Å². The Morgan fingerprint density at radius 1 is 0.667 bits per heavy atom. The molecule has 0 aliphatic carbocycles. The fourth-order valence-corrected chi connectivity index (χ4v) is 4.61. The molecule has 3 aliphatic rings. The molecule has 0 spiro atoms. The summed E-state index contributed by atoms with van der Waals surface area (Å²) in [5.41, 5.74) is 0. The van der Waals surface area contributed by atoms with Crippen molar-refractivity contribution < 1.29 is 0 Å². The highest BCUT2D eigenvalue weighted by Crippen LogP contribution is 2.18. The van der Waals surface area contributed by atoms with E-state index in [1.54, 1.807) is 0 Å². The average molecular weight is 335 g/mol. The van der Waals surface area contributed by atoms with Crippen LogP contribution in [-0.4, -0.2) is 84.0 Å². The van der Waals surface area contributed by atoms with Crippen molar-refractivity contribution in [3.05, 3.63) is 6.67 Å². The van der Waals surface area contributed by atoms with Crippen molar-refractivity contribution in [3.63, 3.8) is 0 Å². The van der Waals surface area contributed by atoms with Crippen LogP contribution < -0.4 is 0 Å². The molecule has 3 fully saturated rings. The Balaban J connectivity index is 1.24. The lowest BCUT2D eigenvalue weighted by Crippen LogP contribution is -2.39. The van der Waals surface area contributed by atoms with Crippen LogP contribution in [0.25, 0.3) is 0 Å². The zero-order valence-corrected chi connectivity index (χ0v) is 16.1. The second kappa shape index (κ2) is 9.51. The molecule has 24 heavy (non-hydrogen) atoms. The third-order valence-corrected chi connectivity index (χ3v) is 6.30. The van der Waals surface area contributed by atoms with Gasteiger partial charge in [-0.05, 0) is 78.6 Å². The monoisotopic (exact) mass is 334 g/mol. The Bertz CT molecular complexity index is 362. The lowest BCUT2D eigenvalue weighted by molar-refractivity contribution is 0.153. The fraction of sp³-hybridized carbons (Fsp3) is 0.950. The van der Waals surface area contributed by atoms with Gasteiger partial charge in [0.1, 0.15) is 6.67 Å². The number of rotatable bonds is 8. The highest BCUT2D eigenvalue weighted by molar-refractivity contribution is 4.82. The molecule has 0 N–H and O–H groups in total. The molecular weight excluding hydrogens is 296 g/mol. The molecule has 0 aromatic rings. The van der Waals surface area contributed by atoms with Gasteiger partial charge >= 0.3 is 0 Å². The second-order valence-electron chi connectivity index (χ2n) is 8.19. The molecule has 3 rings (SSSR count). The van der Waals surface area contributed by atoms with E-state index in [-0.39, 0.29) is 0 Å². The minimum absolute atomic E-state index is 0.801. The van der Waals surface area contributed by atoms with Crippen molar-refractivity contribution in [1.82, 2.24) is 19.6 Å². The van der Waals surface area contributed by atoms with Crippen molar-refractivity contribution in [2.45, 2.75) is 70.9 Å². The number of nitrogens with zero attached hydrogens (tertiary/aromatic N) is 4. The van der Waals surface area contributed by atoms with Gasteiger partial charge in [0.15, 0.2) is 0 Å². The molecule has 0 bridgehead atoms. The Labute approximate surface area is 150 Å². The Morgan fingerprint density at radius 2 is 1.21 bits per heavy atom. The van der Waals surface area contributed by atoms with Crippen LogP contribution in [0, 0.1) is 6.67 Å². The number of hydrogen-bond acceptors (Lipinski definition) is 4. The van der Waals surface area contributed by atoms with E-state index in [2.05, 4.69) is 40.1 Å². The summed E-state index contributed by atoms with van der Waals surface area (Å²) in [7, 11) is 0. The lowest BCUT2D eigenvalue weighted by atomic mass is 10.0. The highest BCUT2D eigenvalue weighted by Gasteiger charge is 2.24. The SMILES string of the molecule is C[C@@H]1CCCCN1CCCN1[C]N(CCCN2CCC[C@@H]2C)CC1. The third-order valence-electron chi connectivity index (χ3n) is 6.30. The summed E-state index contributed by atoms with van der Waals surface area (Å²) in [6, 6.07) is 1.61. The predicted octanol–water partition coefficient (Wildman–Crippen LogP) is 2.74. The van der Waals surface area contributed by atoms with Crippen molar-refractivity contribution in [2.24, 2.45) is 0 Å². The topological polar surface area (TPSA) is 13.0 Å². The third kappa shape index (κ3) is 5.42. The van der Waals surface area contributed by atoms with Crippen molar-refractivity contribution in [3.8, 4) is 0 Å².